The molecule has 1 unspecified atom stereocenters. The minimum atomic E-state index is -0.306. The van der Waals surface area contributed by atoms with Crippen molar-refractivity contribution in [1.29, 1.82) is 0 Å². The van der Waals surface area contributed by atoms with Gasteiger partial charge in [-0.1, -0.05) is 49.2 Å². The van der Waals surface area contributed by atoms with Crippen LogP contribution in [0.4, 0.5) is 5.69 Å². The maximum absolute atomic E-state index is 12.9. The summed E-state index contributed by atoms with van der Waals surface area (Å²) in [6, 6.07) is 10.1. The molecule has 1 N–H and O–H groups in total. The van der Waals surface area contributed by atoms with Crippen LogP contribution >= 0.6 is 11.8 Å². The molecule has 2 heterocycles. The molecule has 4 rings (SSSR count). The molecule has 7 heteroatoms. The molecule has 1 atom stereocenters. The lowest BCUT2D eigenvalue weighted by Gasteiger charge is -2.25. The van der Waals surface area contributed by atoms with E-state index in [1.807, 2.05) is 51.1 Å². The van der Waals surface area contributed by atoms with Crippen molar-refractivity contribution < 1.29 is 9.21 Å². The average Bonchev–Trinajstić information content (AvgIpc) is 3.41. The van der Waals surface area contributed by atoms with Crippen molar-refractivity contribution in [2.45, 2.75) is 69.3 Å². The van der Waals surface area contributed by atoms with Crippen LogP contribution in [0.3, 0.4) is 0 Å². The highest BCUT2D eigenvalue weighted by molar-refractivity contribution is 8.00. The number of rotatable bonds is 6. The molecular formula is C23H28N4O2S. The smallest absolute Gasteiger partial charge is 0.237 e. The van der Waals surface area contributed by atoms with Gasteiger partial charge in [0.1, 0.15) is 0 Å². The van der Waals surface area contributed by atoms with Crippen molar-refractivity contribution in [1.82, 2.24) is 14.8 Å². The second kappa shape index (κ2) is 9.08. The summed E-state index contributed by atoms with van der Waals surface area (Å²) in [5.74, 6) is 1.43. The molecular weight excluding hydrogens is 396 g/mol. The van der Waals surface area contributed by atoms with Crippen LogP contribution in [-0.4, -0.2) is 25.9 Å². The molecule has 0 spiro atoms. The lowest BCUT2D eigenvalue weighted by molar-refractivity contribution is -0.115. The molecule has 0 aliphatic heterocycles. The molecule has 30 heavy (non-hydrogen) atoms. The monoisotopic (exact) mass is 424 g/mol. The highest BCUT2D eigenvalue weighted by Gasteiger charge is 2.27. The molecule has 1 aromatic carbocycles. The first-order chi connectivity index (χ1) is 14.5. The Bertz CT molecular complexity index is 986. The quantitative estimate of drug-likeness (QED) is 0.508. The van der Waals surface area contributed by atoms with Gasteiger partial charge in [-0.15, -0.1) is 10.2 Å². The normalized spacial score (nSPS) is 15.8. The Morgan fingerprint density at radius 1 is 1.13 bits per heavy atom. The minimum absolute atomic E-state index is 0.0323. The fraction of sp³-hybridized carbons (Fsp3) is 0.435. The van der Waals surface area contributed by atoms with Crippen LogP contribution < -0.4 is 5.32 Å². The second-order valence-corrected chi connectivity index (χ2v) is 9.27. The van der Waals surface area contributed by atoms with Gasteiger partial charge in [0.25, 0.3) is 0 Å². The Hall–Kier alpha value is -2.54. The number of aryl methyl sites for hydroxylation is 2. The lowest BCUT2D eigenvalue weighted by Crippen LogP contribution is -2.24. The number of hydrogen-bond acceptors (Lipinski definition) is 5. The number of thioether (sulfide) groups is 1. The zero-order valence-electron chi connectivity index (χ0n) is 17.7. The van der Waals surface area contributed by atoms with Gasteiger partial charge in [0.2, 0.25) is 11.7 Å². The first-order valence-corrected chi connectivity index (χ1v) is 11.4. The van der Waals surface area contributed by atoms with Gasteiger partial charge in [-0.25, -0.2) is 0 Å². The van der Waals surface area contributed by atoms with Crippen LogP contribution in [-0.2, 0) is 4.79 Å². The molecule has 1 aliphatic carbocycles. The third-order valence-corrected chi connectivity index (χ3v) is 6.78. The molecule has 158 valence electrons. The highest BCUT2D eigenvalue weighted by atomic mass is 32.2. The van der Waals surface area contributed by atoms with Gasteiger partial charge in [0, 0.05) is 11.7 Å². The fourth-order valence-electron chi connectivity index (χ4n) is 4.05. The molecule has 0 bridgehead atoms. The molecule has 1 saturated carbocycles. The number of para-hydroxylation sites is 1. The van der Waals surface area contributed by atoms with E-state index < -0.39 is 0 Å². The predicted octanol–water partition coefficient (Wildman–Crippen LogP) is 5.78. The minimum Gasteiger partial charge on any atom is -0.461 e. The Labute approximate surface area is 181 Å². The number of carbonyl (C=O) groups is 1. The maximum Gasteiger partial charge on any atom is 0.237 e. The largest absolute Gasteiger partial charge is 0.461 e. The van der Waals surface area contributed by atoms with Crippen molar-refractivity contribution in [3.8, 4) is 11.6 Å². The van der Waals surface area contributed by atoms with E-state index in [0.29, 0.717) is 11.8 Å². The van der Waals surface area contributed by atoms with Crippen LogP contribution in [0, 0.1) is 13.8 Å². The van der Waals surface area contributed by atoms with E-state index in [2.05, 4.69) is 20.1 Å². The summed E-state index contributed by atoms with van der Waals surface area (Å²) in [5, 5.41) is 12.4. The van der Waals surface area contributed by atoms with E-state index in [4.69, 9.17) is 4.42 Å². The number of carbonyl (C=O) groups excluding carboxylic acids is 1. The third kappa shape index (κ3) is 4.31. The standard InChI is InChI=1S/C23H28N4O2S/c1-15-9-7-10-16(2)20(15)24-22(28)17(3)30-23-26-25-21(19-13-8-14-29-19)27(23)18-11-5-4-6-12-18/h7-10,13-14,17-18H,4-6,11-12H2,1-3H3,(H,24,28). The van der Waals surface area contributed by atoms with E-state index >= 15 is 0 Å². The van der Waals surface area contributed by atoms with E-state index in [-0.39, 0.29) is 11.2 Å². The number of aromatic nitrogens is 3. The molecule has 1 aliphatic rings. The molecule has 6 nitrogen and oxygen atoms in total. The van der Waals surface area contributed by atoms with E-state index in [9.17, 15) is 4.79 Å². The van der Waals surface area contributed by atoms with E-state index in [0.717, 1.165) is 40.6 Å². The van der Waals surface area contributed by atoms with Gasteiger partial charge in [-0.3, -0.25) is 9.36 Å². The van der Waals surface area contributed by atoms with E-state index in [1.165, 1.54) is 31.0 Å². The van der Waals surface area contributed by atoms with Crippen LogP contribution in [0.5, 0.6) is 0 Å². The summed E-state index contributed by atoms with van der Waals surface area (Å²) in [7, 11) is 0. The van der Waals surface area contributed by atoms with Crippen LogP contribution in [0.25, 0.3) is 11.6 Å². The highest BCUT2D eigenvalue weighted by Crippen LogP contribution is 2.37. The molecule has 0 radical (unpaired) electrons. The average molecular weight is 425 g/mol. The number of nitrogens with one attached hydrogen (secondary N) is 1. The zero-order valence-corrected chi connectivity index (χ0v) is 18.5. The third-order valence-electron chi connectivity index (χ3n) is 5.73. The van der Waals surface area contributed by atoms with Crippen LogP contribution in [0.2, 0.25) is 0 Å². The van der Waals surface area contributed by atoms with Gasteiger partial charge in [-0.2, -0.15) is 0 Å². The number of benzene rings is 1. The van der Waals surface area contributed by atoms with Gasteiger partial charge < -0.3 is 9.73 Å². The van der Waals surface area contributed by atoms with Crippen LogP contribution in [0.15, 0.2) is 46.2 Å². The summed E-state index contributed by atoms with van der Waals surface area (Å²) in [6.07, 6.45) is 7.53. The SMILES string of the molecule is Cc1cccc(C)c1NC(=O)C(C)Sc1nnc(-c2ccco2)n1C1CCCCC1. The zero-order chi connectivity index (χ0) is 21.1. The van der Waals surface area contributed by atoms with Gasteiger partial charge in [0.15, 0.2) is 10.9 Å². The van der Waals surface area contributed by atoms with Crippen molar-refractivity contribution in [3.05, 3.63) is 47.7 Å². The van der Waals surface area contributed by atoms with Crippen molar-refractivity contribution >= 4 is 23.4 Å². The van der Waals surface area contributed by atoms with Gasteiger partial charge in [-0.05, 0) is 56.9 Å². The molecule has 0 saturated heterocycles. The van der Waals surface area contributed by atoms with Gasteiger partial charge in [0.05, 0.1) is 11.5 Å². The number of amides is 1. The van der Waals surface area contributed by atoms with Crippen molar-refractivity contribution in [2.24, 2.45) is 0 Å². The molecule has 2 aromatic heterocycles. The topological polar surface area (TPSA) is 73.0 Å². The second-order valence-electron chi connectivity index (χ2n) is 7.96. The summed E-state index contributed by atoms with van der Waals surface area (Å²) in [4.78, 5) is 12.9. The fourth-order valence-corrected chi connectivity index (χ4v) is 4.97. The summed E-state index contributed by atoms with van der Waals surface area (Å²) in [5.41, 5.74) is 3.01. The van der Waals surface area contributed by atoms with E-state index in [1.54, 1.807) is 6.26 Å². The Morgan fingerprint density at radius 2 is 1.87 bits per heavy atom. The van der Waals surface area contributed by atoms with Crippen molar-refractivity contribution in [3.63, 3.8) is 0 Å². The first-order valence-electron chi connectivity index (χ1n) is 10.6. The Balaban J connectivity index is 1.57. The summed E-state index contributed by atoms with van der Waals surface area (Å²) in [6.45, 7) is 5.94. The molecule has 3 aromatic rings. The van der Waals surface area contributed by atoms with Crippen LogP contribution in [0.1, 0.15) is 56.2 Å². The number of furan rings is 1. The Kier molecular flexibility index (Phi) is 6.27. The lowest BCUT2D eigenvalue weighted by atomic mass is 9.95. The number of hydrogen-bond donors (Lipinski definition) is 1. The molecule has 1 fully saturated rings. The number of anilines is 1. The van der Waals surface area contributed by atoms with Crippen molar-refractivity contribution in [2.75, 3.05) is 5.32 Å². The Morgan fingerprint density at radius 3 is 2.53 bits per heavy atom. The molecule has 1 amide bonds. The first kappa shape index (κ1) is 20.7. The summed E-state index contributed by atoms with van der Waals surface area (Å²) < 4.78 is 7.80. The number of nitrogens with zero attached hydrogens (tertiary/aromatic N) is 3. The maximum atomic E-state index is 12.9. The summed E-state index contributed by atoms with van der Waals surface area (Å²) >= 11 is 1.46. The predicted molar refractivity (Wildman–Crippen MR) is 120 cm³/mol. The van der Waals surface area contributed by atoms with Gasteiger partial charge >= 0.3 is 0 Å².